The Bertz CT molecular complexity index is 577. The van der Waals surface area contributed by atoms with Crippen LogP contribution >= 0.6 is 0 Å². The summed E-state index contributed by atoms with van der Waals surface area (Å²) in [6, 6.07) is 21.4. The first-order chi connectivity index (χ1) is 10.3. The van der Waals surface area contributed by atoms with Gasteiger partial charge in [0.05, 0.1) is 12.1 Å². The van der Waals surface area contributed by atoms with Crippen molar-refractivity contribution >= 4 is 5.91 Å². The van der Waals surface area contributed by atoms with Crippen LogP contribution < -0.4 is 5.32 Å². The Kier molecular flexibility index (Phi) is 5.11. The van der Waals surface area contributed by atoms with Gasteiger partial charge in [0.15, 0.2) is 0 Å². The highest BCUT2D eigenvalue weighted by atomic mass is 16.1. The molecular formula is C18H18N2O. The first-order valence-corrected chi connectivity index (χ1v) is 7.06. The van der Waals surface area contributed by atoms with Crippen LogP contribution in [-0.4, -0.2) is 5.91 Å². The van der Waals surface area contributed by atoms with Crippen molar-refractivity contribution in [2.45, 2.75) is 19.4 Å². The SMILES string of the molecule is CCC(C#N)C(=O)NC(c1ccccc1)c1ccccc1. The maximum absolute atomic E-state index is 12.2. The largest absolute Gasteiger partial charge is 0.344 e. The lowest BCUT2D eigenvalue weighted by molar-refractivity contribution is -0.123. The standard InChI is InChI=1S/C18H18N2O/c1-2-14(13-19)18(21)20-17(15-9-5-3-6-10-15)16-11-7-4-8-12-16/h3-12,14,17H,2H2,1H3,(H,20,21). The fraction of sp³-hybridized carbons (Fsp3) is 0.222. The number of nitrogens with zero attached hydrogens (tertiary/aromatic N) is 1. The zero-order chi connectivity index (χ0) is 15.1. The molecule has 0 aliphatic rings. The number of carbonyl (C=O) groups excluding carboxylic acids is 1. The second-order valence-corrected chi connectivity index (χ2v) is 4.85. The quantitative estimate of drug-likeness (QED) is 0.910. The molecule has 1 amide bonds. The summed E-state index contributed by atoms with van der Waals surface area (Å²) >= 11 is 0. The molecule has 1 atom stereocenters. The molecule has 106 valence electrons. The zero-order valence-corrected chi connectivity index (χ0v) is 12.0. The fourth-order valence-electron chi connectivity index (χ4n) is 2.23. The molecule has 0 saturated carbocycles. The third-order valence-corrected chi connectivity index (χ3v) is 3.43. The van der Waals surface area contributed by atoms with Crippen LogP contribution in [0.15, 0.2) is 60.7 Å². The van der Waals surface area contributed by atoms with Gasteiger partial charge in [-0.1, -0.05) is 67.6 Å². The minimum Gasteiger partial charge on any atom is -0.344 e. The van der Waals surface area contributed by atoms with Gasteiger partial charge in [0.25, 0.3) is 0 Å². The summed E-state index contributed by atoms with van der Waals surface area (Å²) < 4.78 is 0. The molecule has 1 unspecified atom stereocenters. The van der Waals surface area contributed by atoms with E-state index in [4.69, 9.17) is 5.26 Å². The molecule has 0 aliphatic carbocycles. The third kappa shape index (κ3) is 3.70. The van der Waals surface area contributed by atoms with E-state index in [1.807, 2.05) is 73.7 Å². The summed E-state index contributed by atoms with van der Waals surface area (Å²) in [7, 11) is 0. The average Bonchev–Trinajstić information content (AvgIpc) is 2.55. The van der Waals surface area contributed by atoms with Gasteiger partial charge < -0.3 is 5.32 Å². The van der Waals surface area contributed by atoms with Crippen molar-refractivity contribution in [3.05, 3.63) is 71.8 Å². The molecule has 3 nitrogen and oxygen atoms in total. The molecule has 0 aromatic heterocycles. The molecule has 0 spiro atoms. The predicted molar refractivity (Wildman–Crippen MR) is 82.3 cm³/mol. The van der Waals surface area contributed by atoms with Gasteiger partial charge in [0, 0.05) is 0 Å². The number of benzene rings is 2. The molecule has 2 aromatic carbocycles. The summed E-state index contributed by atoms with van der Waals surface area (Å²) in [4.78, 5) is 12.2. The highest BCUT2D eigenvalue weighted by Gasteiger charge is 2.21. The number of amides is 1. The number of nitrogens with one attached hydrogen (secondary N) is 1. The average molecular weight is 278 g/mol. The second-order valence-electron chi connectivity index (χ2n) is 4.85. The molecule has 0 aliphatic heterocycles. The van der Waals surface area contributed by atoms with Crippen LogP contribution in [0.3, 0.4) is 0 Å². The molecule has 0 fully saturated rings. The fourth-order valence-corrected chi connectivity index (χ4v) is 2.23. The maximum atomic E-state index is 12.2. The van der Waals surface area contributed by atoms with Crippen LogP contribution in [0.25, 0.3) is 0 Å². The molecular weight excluding hydrogens is 260 g/mol. The number of nitriles is 1. The van der Waals surface area contributed by atoms with Crippen molar-refractivity contribution in [1.29, 1.82) is 5.26 Å². The highest BCUT2D eigenvalue weighted by molar-refractivity contribution is 5.81. The molecule has 0 bridgehead atoms. The van der Waals surface area contributed by atoms with E-state index in [0.29, 0.717) is 6.42 Å². The van der Waals surface area contributed by atoms with Gasteiger partial charge in [0.2, 0.25) is 5.91 Å². The molecule has 2 aromatic rings. The number of hydrogen-bond donors (Lipinski definition) is 1. The third-order valence-electron chi connectivity index (χ3n) is 3.43. The molecule has 0 saturated heterocycles. The molecule has 21 heavy (non-hydrogen) atoms. The Hall–Kier alpha value is -2.60. The Morgan fingerprint density at radius 3 is 1.90 bits per heavy atom. The summed E-state index contributed by atoms with van der Waals surface area (Å²) in [5.74, 6) is -0.836. The maximum Gasteiger partial charge on any atom is 0.238 e. The Morgan fingerprint density at radius 2 is 1.52 bits per heavy atom. The summed E-state index contributed by atoms with van der Waals surface area (Å²) in [5.41, 5.74) is 2.01. The van der Waals surface area contributed by atoms with Crippen molar-refractivity contribution in [2.75, 3.05) is 0 Å². The van der Waals surface area contributed by atoms with Crippen LogP contribution in [0.4, 0.5) is 0 Å². The van der Waals surface area contributed by atoms with Crippen molar-refractivity contribution in [3.63, 3.8) is 0 Å². The second kappa shape index (κ2) is 7.25. The first kappa shape index (κ1) is 14.8. The van der Waals surface area contributed by atoms with Crippen molar-refractivity contribution in [1.82, 2.24) is 5.32 Å². The normalized spacial score (nSPS) is 11.7. The van der Waals surface area contributed by atoms with Crippen LogP contribution in [0.1, 0.15) is 30.5 Å². The Balaban J connectivity index is 2.30. The Labute approximate surface area is 125 Å². The molecule has 2 rings (SSSR count). The summed E-state index contributed by atoms with van der Waals surface area (Å²) in [5, 5.41) is 12.0. The lowest BCUT2D eigenvalue weighted by Gasteiger charge is -2.21. The van der Waals surface area contributed by atoms with Gasteiger partial charge in [-0.3, -0.25) is 4.79 Å². The molecule has 0 heterocycles. The van der Waals surface area contributed by atoms with Crippen molar-refractivity contribution < 1.29 is 4.79 Å². The summed E-state index contributed by atoms with van der Waals surface area (Å²) in [6.45, 7) is 1.84. The van der Waals surface area contributed by atoms with Gasteiger partial charge in [0.1, 0.15) is 5.92 Å². The summed E-state index contributed by atoms with van der Waals surface area (Å²) in [6.07, 6.45) is 0.513. The smallest absolute Gasteiger partial charge is 0.238 e. The van der Waals surface area contributed by atoms with Gasteiger partial charge in [-0.05, 0) is 17.5 Å². The van der Waals surface area contributed by atoms with Crippen molar-refractivity contribution in [3.8, 4) is 6.07 Å². The lowest BCUT2D eigenvalue weighted by Crippen LogP contribution is -2.33. The van der Waals surface area contributed by atoms with E-state index in [2.05, 4.69) is 5.32 Å². The van der Waals surface area contributed by atoms with E-state index in [1.165, 1.54) is 0 Å². The zero-order valence-electron chi connectivity index (χ0n) is 12.0. The molecule has 3 heteroatoms. The van der Waals surface area contributed by atoms with E-state index in [0.717, 1.165) is 11.1 Å². The van der Waals surface area contributed by atoms with E-state index >= 15 is 0 Å². The van der Waals surface area contributed by atoms with Gasteiger partial charge >= 0.3 is 0 Å². The van der Waals surface area contributed by atoms with Crippen LogP contribution in [0.2, 0.25) is 0 Å². The number of hydrogen-bond acceptors (Lipinski definition) is 2. The first-order valence-electron chi connectivity index (χ1n) is 7.06. The topological polar surface area (TPSA) is 52.9 Å². The van der Waals surface area contributed by atoms with Crippen molar-refractivity contribution in [2.24, 2.45) is 5.92 Å². The van der Waals surface area contributed by atoms with E-state index in [9.17, 15) is 4.79 Å². The lowest BCUT2D eigenvalue weighted by atomic mass is 9.97. The van der Waals surface area contributed by atoms with Crippen LogP contribution in [0, 0.1) is 17.2 Å². The monoisotopic (exact) mass is 278 g/mol. The minimum absolute atomic E-state index is 0.224. The highest BCUT2D eigenvalue weighted by Crippen LogP contribution is 2.22. The van der Waals surface area contributed by atoms with Gasteiger partial charge in [-0.25, -0.2) is 0 Å². The molecule has 1 N–H and O–H groups in total. The number of rotatable bonds is 5. The van der Waals surface area contributed by atoms with E-state index < -0.39 is 5.92 Å². The van der Waals surface area contributed by atoms with E-state index in [1.54, 1.807) is 0 Å². The van der Waals surface area contributed by atoms with Crippen LogP contribution in [-0.2, 0) is 4.79 Å². The van der Waals surface area contributed by atoms with Crippen LogP contribution in [0.5, 0.6) is 0 Å². The van der Waals surface area contributed by atoms with Gasteiger partial charge in [-0.15, -0.1) is 0 Å². The minimum atomic E-state index is -0.611. The Morgan fingerprint density at radius 1 is 1.05 bits per heavy atom. The van der Waals surface area contributed by atoms with Gasteiger partial charge in [-0.2, -0.15) is 5.26 Å². The number of carbonyl (C=O) groups is 1. The van der Waals surface area contributed by atoms with E-state index in [-0.39, 0.29) is 11.9 Å². The molecule has 0 radical (unpaired) electrons. The predicted octanol–water partition coefficient (Wildman–Crippen LogP) is 3.44.